The average molecular weight is 302 g/mol. The Labute approximate surface area is 128 Å². The molecule has 1 saturated carbocycles. The number of aromatic nitrogens is 1. The summed E-state index contributed by atoms with van der Waals surface area (Å²) in [7, 11) is 0. The Morgan fingerprint density at radius 1 is 1.45 bits per heavy atom. The second kappa shape index (κ2) is 5.91. The van der Waals surface area contributed by atoms with E-state index < -0.39 is 0 Å². The second-order valence-corrected chi connectivity index (χ2v) is 5.87. The van der Waals surface area contributed by atoms with Crippen LogP contribution >= 0.6 is 0 Å². The van der Waals surface area contributed by atoms with Crippen molar-refractivity contribution in [1.82, 2.24) is 10.5 Å². The molecule has 1 aliphatic carbocycles. The van der Waals surface area contributed by atoms with Crippen molar-refractivity contribution < 1.29 is 13.7 Å². The van der Waals surface area contributed by atoms with Crippen LogP contribution in [0, 0.1) is 19.7 Å². The molecule has 4 nitrogen and oxygen atoms in total. The lowest BCUT2D eigenvalue weighted by Gasteiger charge is -2.05. The lowest BCUT2D eigenvalue weighted by atomic mass is 10.1. The summed E-state index contributed by atoms with van der Waals surface area (Å²) in [5.74, 6) is 0.796. The molecule has 1 aliphatic rings. The van der Waals surface area contributed by atoms with E-state index in [4.69, 9.17) is 4.52 Å². The molecule has 0 saturated heterocycles. The summed E-state index contributed by atoms with van der Waals surface area (Å²) in [5, 5.41) is 6.90. The van der Waals surface area contributed by atoms with Crippen LogP contribution in [0.5, 0.6) is 0 Å². The maximum Gasteiger partial charge on any atom is 0.220 e. The minimum atomic E-state index is -0.229. The fourth-order valence-electron chi connectivity index (χ4n) is 2.84. The van der Waals surface area contributed by atoms with Crippen LogP contribution in [0.1, 0.15) is 41.3 Å². The van der Waals surface area contributed by atoms with Gasteiger partial charge in [-0.05, 0) is 44.4 Å². The molecule has 3 rings (SSSR count). The zero-order chi connectivity index (χ0) is 15.7. The highest BCUT2D eigenvalue weighted by Gasteiger charge is 2.39. The molecule has 2 atom stereocenters. The fraction of sp³-hybridized carbons (Fsp3) is 0.412. The third-order valence-electron chi connectivity index (χ3n) is 4.20. The molecule has 5 heteroatoms. The third-order valence-corrected chi connectivity index (χ3v) is 4.20. The van der Waals surface area contributed by atoms with E-state index in [0.29, 0.717) is 12.8 Å². The van der Waals surface area contributed by atoms with Crippen LogP contribution in [0.3, 0.4) is 0 Å². The molecule has 1 fully saturated rings. The molecule has 0 spiro atoms. The van der Waals surface area contributed by atoms with E-state index in [1.165, 1.54) is 6.07 Å². The molecule has 1 aromatic heterocycles. The van der Waals surface area contributed by atoms with Gasteiger partial charge in [0.15, 0.2) is 0 Å². The summed E-state index contributed by atoms with van der Waals surface area (Å²) < 4.78 is 18.3. The van der Waals surface area contributed by atoms with E-state index in [1.807, 2.05) is 19.9 Å². The van der Waals surface area contributed by atoms with Crippen molar-refractivity contribution in [1.29, 1.82) is 0 Å². The number of nitrogens with one attached hydrogen (secondary N) is 1. The van der Waals surface area contributed by atoms with E-state index in [0.717, 1.165) is 29.0 Å². The Kier molecular flexibility index (Phi) is 3.96. The van der Waals surface area contributed by atoms with Gasteiger partial charge in [0.1, 0.15) is 11.6 Å². The summed E-state index contributed by atoms with van der Waals surface area (Å²) in [4.78, 5) is 12.0. The maximum absolute atomic E-state index is 13.2. The van der Waals surface area contributed by atoms with Gasteiger partial charge in [-0.25, -0.2) is 4.39 Å². The van der Waals surface area contributed by atoms with Crippen LogP contribution in [0.25, 0.3) is 0 Å². The number of carbonyl (C=O) groups is 1. The number of halogens is 1. The molecule has 0 unspecified atom stereocenters. The maximum atomic E-state index is 13.2. The normalized spacial score (nSPS) is 20.0. The number of hydrogen-bond donors (Lipinski definition) is 1. The van der Waals surface area contributed by atoms with Crippen molar-refractivity contribution in [2.24, 2.45) is 0 Å². The SMILES string of the molecule is Cc1noc(C)c1CCC(=O)N[C@H]1C[C@H]1c1cccc(F)c1. The van der Waals surface area contributed by atoms with Crippen molar-refractivity contribution in [3.05, 3.63) is 52.7 Å². The summed E-state index contributed by atoms with van der Waals surface area (Å²) in [6.07, 6.45) is 1.92. The monoisotopic (exact) mass is 302 g/mol. The minimum Gasteiger partial charge on any atom is -0.361 e. The minimum absolute atomic E-state index is 0.0175. The number of carbonyl (C=O) groups excluding carboxylic acids is 1. The number of benzene rings is 1. The lowest BCUT2D eigenvalue weighted by Crippen LogP contribution is -2.26. The van der Waals surface area contributed by atoms with Crippen LogP contribution in [-0.4, -0.2) is 17.1 Å². The third kappa shape index (κ3) is 3.18. The average Bonchev–Trinajstić information content (AvgIpc) is 3.16. The number of rotatable bonds is 5. The molecule has 0 radical (unpaired) electrons. The number of aryl methyl sites for hydroxylation is 2. The summed E-state index contributed by atoms with van der Waals surface area (Å²) in [5.41, 5.74) is 2.80. The van der Waals surface area contributed by atoms with E-state index in [9.17, 15) is 9.18 Å². The standard InChI is InChI=1S/C17H19FN2O2/c1-10-14(11(2)22-20-10)6-7-17(21)19-16-9-15(16)12-4-3-5-13(18)8-12/h3-5,8,15-16H,6-7,9H2,1-2H3,(H,19,21)/t15-,16-/m0/s1. The fourth-order valence-corrected chi connectivity index (χ4v) is 2.84. The molecular weight excluding hydrogens is 283 g/mol. The summed E-state index contributed by atoms with van der Waals surface area (Å²) >= 11 is 0. The van der Waals surface area contributed by atoms with Crippen molar-refractivity contribution in [2.75, 3.05) is 0 Å². The Hall–Kier alpha value is -2.17. The van der Waals surface area contributed by atoms with Crippen molar-refractivity contribution in [3.8, 4) is 0 Å². The molecule has 2 aromatic rings. The Morgan fingerprint density at radius 2 is 2.27 bits per heavy atom. The summed E-state index contributed by atoms with van der Waals surface area (Å²) in [6.45, 7) is 3.73. The Morgan fingerprint density at radius 3 is 2.95 bits per heavy atom. The molecule has 1 aromatic carbocycles. The number of amides is 1. The quantitative estimate of drug-likeness (QED) is 0.923. The Balaban J connectivity index is 1.50. The first-order valence-electron chi connectivity index (χ1n) is 7.51. The van der Waals surface area contributed by atoms with Crippen LogP contribution in [0.2, 0.25) is 0 Å². The van der Waals surface area contributed by atoms with E-state index in [1.54, 1.807) is 12.1 Å². The van der Waals surface area contributed by atoms with Crippen LogP contribution in [0.4, 0.5) is 4.39 Å². The van der Waals surface area contributed by atoms with Gasteiger partial charge >= 0.3 is 0 Å². The van der Waals surface area contributed by atoms with Gasteiger partial charge in [-0.2, -0.15) is 0 Å². The molecule has 1 heterocycles. The molecule has 0 bridgehead atoms. The predicted octanol–water partition coefficient (Wildman–Crippen LogP) is 3.04. The van der Waals surface area contributed by atoms with E-state index >= 15 is 0 Å². The molecule has 1 N–H and O–H groups in total. The van der Waals surface area contributed by atoms with Crippen LogP contribution < -0.4 is 5.32 Å². The van der Waals surface area contributed by atoms with Gasteiger partial charge in [-0.15, -0.1) is 0 Å². The smallest absolute Gasteiger partial charge is 0.220 e. The topological polar surface area (TPSA) is 55.1 Å². The first-order chi connectivity index (χ1) is 10.5. The zero-order valence-corrected chi connectivity index (χ0v) is 12.7. The lowest BCUT2D eigenvalue weighted by molar-refractivity contribution is -0.121. The number of nitrogens with zero attached hydrogens (tertiary/aromatic N) is 1. The first-order valence-corrected chi connectivity index (χ1v) is 7.51. The Bertz CT molecular complexity index is 676. The van der Waals surface area contributed by atoms with Crippen molar-refractivity contribution >= 4 is 5.91 Å². The van der Waals surface area contributed by atoms with Gasteiger partial charge in [0.05, 0.1) is 5.69 Å². The molecule has 1 amide bonds. The van der Waals surface area contributed by atoms with Gasteiger partial charge in [0, 0.05) is 23.9 Å². The molecular formula is C17H19FN2O2. The highest BCUT2D eigenvalue weighted by atomic mass is 19.1. The zero-order valence-electron chi connectivity index (χ0n) is 12.7. The van der Waals surface area contributed by atoms with Crippen LogP contribution in [0.15, 0.2) is 28.8 Å². The number of hydrogen-bond acceptors (Lipinski definition) is 3. The first kappa shape index (κ1) is 14.8. The van der Waals surface area contributed by atoms with Gasteiger partial charge < -0.3 is 9.84 Å². The molecule has 116 valence electrons. The highest BCUT2D eigenvalue weighted by molar-refractivity contribution is 5.77. The largest absolute Gasteiger partial charge is 0.361 e. The van der Waals surface area contributed by atoms with E-state index in [2.05, 4.69) is 10.5 Å². The summed E-state index contributed by atoms with van der Waals surface area (Å²) in [6, 6.07) is 6.71. The van der Waals surface area contributed by atoms with Crippen molar-refractivity contribution in [2.45, 2.75) is 45.1 Å². The van der Waals surface area contributed by atoms with Crippen LogP contribution in [-0.2, 0) is 11.2 Å². The predicted molar refractivity (Wildman–Crippen MR) is 80.0 cm³/mol. The molecule has 0 aliphatic heterocycles. The van der Waals surface area contributed by atoms with Gasteiger partial charge in [-0.1, -0.05) is 17.3 Å². The van der Waals surface area contributed by atoms with Crippen molar-refractivity contribution in [3.63, 3.8) is 0 Å². The molecule has 22 heavy (non-hydrogen) atoms. The van der Waals surface area contributed by atoms with Gasteiger partial charge in [0.2, 0.25) is 5.91 Å². The van der Waals surface area contributed by atoms with Gasteiger partial charge in [0.25, 0.3) is 0 Å². The van der Waals surface area contributed by atoms with Gasteiger partial charge in [-0.3, -0.25) is 4.79 Å². The highest BCUT2D eigenvalue weighted by Crippen LogP contribution is 2.40. The van der Waals surface area contributed by atoms with E-state index in [-0.39, 0.29) is 23.7 Å². The second-order valence-electron chi connectivity index (χ2n) is 5.87.